The second-order valence-electron chi connectivity index (χ2n) is 5.64. The number of rotatable bonds is 8. The molecule has 0 spiro atoms. The van der Waals surface area contributed by atoms with Crippen LogP contribution in [0.15, 0.2) is 59.5 Å². The van der Waals surface area contributed by atoms with Crippen LogP contribution in [0, 0.1) is 0 Å². The lowest BCUT2D eigenvalue weighted by Crippen LogP contribution is -2.36. The van der Waals surface area contributed by atoms with Crippen LogP contribution < -0.4 is 0 Å². The van der Waals surface area contributed by atoms with Crippen molar-refractivity contribution in [3.63, 3.8) is 0 Å². The van der Waals surface area contributed by atoms with E-state index in [0.29, 0.717) is 5.56 Å². The maximum absolute atomic E-state index is 13.0. The van der Waals surface area contributed by atoms with Gasteiger partial charge in [0.1, 0.15) is 6.54 Å². The molecule has 2 rings (SSSR count). The van der Waals surface area contributed by atoms with Gasteiger partial charge in [-0.1, -0.05) is 42.5 Å². The number of hydrogen-bond acceptors (Lipinski definition) is 5. The number of Topliss-reactive ketones (excluding diaryl/α,β-unsaturated/α-hetero) is 1. The molecule has 2 aromatic carbocycles. The largest absolute Gasteiger partial charge is 0.465 e. The first-order valence-electron chi connectivity index (χ1n) is 8.15. The number of benzene rings is 2. The second kappa shape index (κ2) is 8.73. The molecule has 0 amide bonds. The Morgan fingerprint density at radius 1 is 1.00 bits per heavy atom. The molecule has 0 saturated carbocycles. The molecule has 0 N–H and O–H groups in total. The normalized spacial score (nSPS) is 11.3. The third-order valence-corrected chi connectivity index (χ3v) is 5.52. The van der Waals surface area contributed by atoms with Crippen LogP contribution in [0.2, 0.25) is 0 Å². The number of carbonyl (C=O) groups excluding carboxylic acids is 2. The number of carbonyl (C=O) groups is 2. The van der Waals surface area contributed by atoms with Crippen LogP contribution in [-0.4, -0.2) is 37.6 Å². The highest BCUT2D eigenvalue weighted by Gasteiger charge is 2.27. The Bertz CT molecular complexity index is 861. The van der Waals surface area contributed by atoms with Gasteiger partial charge >= 0.3 is 5.97 Å². The maximum atomic E-state index is 13.0. The fraction of sp³-hybridized carbons (Fsp3) is 0.263. The molecule has 0 aliphatic heterocycles. The monoisotopic (exact) mass is 375 g/mol. The Labute approximate surface area is 153 Å². The van der Waals surface area contributed by atoms with Gasteiger partial charge in [0, 0.05) is 12.1 Å². The number of sulfonamides is 1. The minimum atomic E-state index is -3.93. The predicted octanol–water partition coefficient (Wildman–Crippen LogP) is 2.64. The lowest BCUT2D eigenvalue weighted by molar-refractivity contribution is -0.143. The highest BCUT2D eigenvalue weighted by Crippen LogP contribution is 2.19. The van der Waals surface area contributed by atoms with Gasteiger partial charge in [-0.05, 0) is 31.5 Å². The Morgan fingerprint density at radius 2 is 1.62 bits per heavy atom. The zero-order valence-corrected chi connectivity index (χ0v) is 15.5. The summed E-state index contributed by atoms with van der Waals surface area (Å²) in [6.07, 6.45) is 0. The topological polar surface area (TPSA) is 80.8 Å². The van der Waals surface area contributed by atoms with Crippen LogP contribution in [0.4, 0.5) is 0 Å². The van der Waals surface area contributed by atoms with Crippen molar-refractivity contribution in [2.45, 2.75) is 25.3 Å². The Kier molecular flexibility index (Phi) is 6.65. The maximum Gasteiger partial charge on any atom is 0.321 e. The van der Waals surface area contributed by atoms with Gasteiger partial charge in [0.05, 0.1) is 11.5 Å². The summed E-state index contributed by atoms with van der Waals surface area (Å²) in [7, 11) is -3.93. The minimum Gasteiger partial charge on any atom is -0.465 e. The third kappa shape index (κ3) is 5.00. The molecule has 0 radical (unpaired) electrons. The molecule has 0 unspecified atom stereocenters. The molecule has 0 fully saturated rings. The van der Waals surface area contributed by atoms with Gasteiger partial charge in [0.15, 0.2) is 5.78 Å². The van der Waals surface area contributed by atoms with Crippen LogP contribution >= 0.6 is 0 Å². The first-order valence-corrected chi connectivity index (χ1v) is 9.59. The van der Waals surface area contributed by atoms with E-state index in [1.807, 2.05) is 6.07 Å². The molecule has 0 atom stereocenters. The van der Waals surface area contributed by atoms with Gasteiger partial charge in [0.25, 0.3) is 0 Å². The average molecular weight is 375 g/mol. The number of hydrogen-bond donors (Lipinski definition) is 0. The van der Waals surface area contributed by atoms with E-state index in [1.54, 1.807) is 31.2 Å². The first kappa shape index (κ1) is 19.8. The standard InChI is InChI=1S/C19H21NO5S/c1-3-25-19(22)14-20(13-16-7-5-4-6-8-16)26(23,24)18-11-9-17(10-12-18)15(2)21/h4-12H,3,13-14H2,1-2H3. The summed E-state index contributed by atoms with van der Waals surface area (Å²) < 4.78 is 32.0. The van der Waals surface area contributed by atoms with E-state index in [9.17, 15) is 18.0 Å². The summed E-state index contributed by atoms with van der Waals surface area (Å²) in [5.41, 5.74) is 1.17. The van der Waals surface area contributed by atoms with E-state index in [1.165, 1.54) is 31.2 Å². The van der Waals surface area contributed by atoms with Crippen molar-refractivity contribution in [1.29, 1.82) is 0 Å². The molecule has 0 aliphatic carbocycles. The zero-order valence-electron chi connectivity index (χ0n) is 14.7. The third-order valence-electron chi connectivity index (χ3n) is 3.71. The van der Waals surface area contributed by atoms with E-state index in [2.05, 4.69) is 0 Å². The summed E-state index contributed by atoms with van der Waals surface area (Å²) in [5, 5.41) is 0. The van der Waals surface area contributed by atoms with E-state index in [-0.39, 0.29) is 30.4 Å². The summed E-state index contributed by atoms with van der Waals surface area (Å²) >= 11 is 0. The quantitative estimate of drug-likeness (QED) is 0.523. The molecule has 2 aromatic rings. The average Bonchev–Trinajstić information content (AvgIpc) is 2.62. The summed E-state index contributed by atoms with van der Waals surface area (Å²) in [4.78, 5) is 23.3. The number of ketones is 1. The van der Waals surface area contributed by atoms with Gasteiger partial charge in [0.2, 0.25) is 10.0 Å². The minimum absolute atomic E-state index is 0.0164. The van der Waals surface area contributed by atoms with Gasteiger partial charge < -0.3 is 4.74 Å². The van der Waals surface area contributed by atoms with Crippen LogP contribution in [0.1, 0.15) is 29.8 Å². The Morgan fingerprint density at radius 3 is 2.15 bits per heavy atom. The van der Waals surface area contributed by atoms with E-state index in [4.69, 9.17) is 4.74 Å². The molecule has 7 heteroatoms. The Balaban J connectivity index is 2.34. The van der Waals surface area contributed by atoms with Crippen molar-refractivity contribution in [2.24, 2.45) is 0 Å². The lowest BCUT2D eigenvalue weighted by atomic mass is 10.2. The van der Waals surface area contributed by atoms with Crippen molar-refractivity contribution in [1.82, 2.24) is 4.31 Å². The fourth-order valence-corrected chi connectivity index (χ4v) is 3.75. The number of esters is 1. The van der Waals surface area contributed by atoms with E-state index in [0.717, 1.165) is 9.87 Å². The Hall–Kier alpha value is -2.51. The first-order chi connectivity index (χ1) is 12.3. The fourth-order valence-electron chi connectivity index (χ4n) is 2.37. The van der Waals surface area contributed by atoms with Gasteiger partial charge in [-0.25, -0.2) is 8.42 Å². The molecule has 0 bridgehead atoms. The molecule has 0 heterocycles. The van der Waals surface area contributed by atoms with Crippen LogP contribution in [0.5, 0.6) is 0 Å². The van der Waals surface area contributed by atoms with Gasteiger partial charge in [-0.15, -0.1) is 0 Å². The molecular formula is C19H21NO5S. The van der Waals surface area contributed by atoms with Crippen molar-refractivity contribution in [3.05, 3.63) is 65.7 Å². The summed E-state index contributed by atoms with van der Waals surface area (Å²) in [6, 6.07) is 14.6. The zero-order chi connectivity index (χ0) is 19.2. The van der Waals surface area contributed by atoms with Crippen LogP contribution in [-0.2, 0) is 26.1 Å². The molecule has 0 saturated heterocycles. The van der Waals surface area contributed by atoms with Crippen molar-refractivity contribution in [2.75, 3.05) is 13.2 Å². The number of nitrogens with zero attached hydrogens (tertiary/aromatic N) is 1. The van der Waals surface area contributed by atoms with Crippen molar-refractivity contribution < 1.29 is 22.7 Å². The number of ether oxygens (including phenoxy) is 1. The smallest absolute Gasteiger partial charge is 0.321 e. The van der Waals surface area contributed by atoms with Crippen LogP contribution in [0.3, 0.4) is 0 Å². The van der Waals surface area contributed by atoms with Gasteiger partial charge in [-0.3, -0.25) is 9.59 Å². The van der Waals surface area contributed by atoms with Crippen molar-refractivity contribution >= 4 is 21.8 Å². The highest BCUT2D eigenvalue weighted by molar-refractivity contribution is 7.89. The molecule has 26 heavy (non-hydrogen) atoms. The SMILES string of the molecule is CCOC(=O)CN(Cc1ccccc1)S(=O)(=O)c1ccc(C(C)=O)cc1. The molecule has 6 nitrogen and oxygen atoms in total. The second-order valence-corrected chi connectivity index (χ2v) is 7.58. The molecule has 0 aromatic heterocycles. The molecule has 0 aliphatic rings. The van der Waals surface area contributed by atoms with Crippen molar-refractivity contribution in [3.8, 4) is 0 Å². The predicted molar refractivity (Wildman–Crippen MR) is 97.1 cm³/mol. The van der Waals surface area contributed by atoms with E-state index < -0.39 is 16.0 Å². The van der Waals surface area contributed by atoms with Gasteiger partial charge in [-0.2, -0.15) is 4.31 Å². The lowest BCUT2D eigenvalue weighted by Gasteiger charge is -2.21. The van der Waals surface area contributed by atoms with E-state index >= 15 is 0 Å². The van der Waals surface area contributed by atoms with Crippen LogP contribution in [0.25, 0.3) is 0 Å². The molecular weight excluding hydrogens is 354 g/mol. The molecule has 138 valence electrons. The highest BCUT2D eigenvalue weighted by atomic mass is 32.2. The summed E-state index contributed by atoms with van der Waals surface area (Å²) in [5.74, 6) is -0.769. The summed E-state index contributed by atoms with van der Waals surface area (Å²) in [6.45, 7) is 2.89.